The van der Waals surface area contributed by atoms with Crippen LogP contribution < -0.4 is 14.2 Å². The molecule has 0 spiro atoms. The SMILES string of the molecule is O=C(O)C1=Cc2cc(OC(F)(F)F)ccc2OC1C(F)(F)F.O=Cc1cc(OC(F)(F)F)ccc1O. The lowest BCUT2D eigenvalue weighted by Crippen LogP contribution is -2.40. The minimum Gasteiger partial charge on any atom is -0.507 e. The zero-order valence-electron chi connectivity index (χ0n) is 17.0. The van der Waals surface area contributed by atoms with Crippen LogP contribution in [0.5, 0.6) is 23.0 Å². The largest absolute Gasteiger partial charge is 0.573 e. The summed E-state index contributed by atoms with van der Waals surface area (Å²) in [6.07, 6.45) is -16.6. The third-order valence-corrected chi connectivity index (χ3v) is 3.96. The number of alkyl halides is 9. The number of carbonyl (C=O) groups is 2. The Morgan fingerprint density at radius 3 is 1.89 bits per heavy atom. The average molecular weight is 534 g/mol. The van der Waals surface area contributed by atoms with Gasteiger partial charge < -0.3 is 24.4 Å². The first-order valence-corrected chi connectivity index (χ1v) is 9.01. The molecular weight excluding hydrogens is 523 g/mol. The molecule has 1 unspecified atom stereocenters. The lowest BCUT2D eigenvalue weighted by molar-refractivity contribution is -0.275. The van der Waals surface area contributed by atoms with Crippen molar-refractivity contribution in [2.75, 3.05) is 0 Å². The highest BCUT2D eigenvalue weighted by atomic mass is 19.4. The van der Waals surface area contributed by atoms with Crippen LogP contribution >= 0.6 is 0 Å². The zero-order chi connectivity index (χ0) is 27.5. The highest BCUT2D eigenvalue weighted by molar-refractivity contribution is 5.95. The van der Waals surface area contributed by atoms with Crippen LogP contribution in [0.15, 0.2) is 42.0 Å². The fourth-order valence-corrected chi connectivity index (χ4v) is 2.62. The Morgan fingerprint density at radius 2 is 1.42 bits per heavy atom. The molecule has 0 radical (unpaired) electrons. The molecule has 0 fully saturated rings. The maximum absolute atomic E-state index is 12.7. The molecule has 2 N–H and O–H groups in total. The number of hydrogen-bond acceptors (Lipinski definition) is 6. The number of benzene rings is 2. The third-order valence-electron chi connectivity index (χ3n) is 3.96. The van der Waals surface area contributed by atoms with Crippen molar-refractivity contribution in [3.8, 4) is 23.0 Å². The predicted octanol–water partition coefficient (Wildman–Crippen LogP) is 5.48. The fourth-order valence-electron chi connectivity index (χ4n) is 2.62. The Kier molecular flexibility index (Phi) is 8.01. The van der Waals surface area contributed by atoms with Crippen molar-refractivity contribution in [2.45, 2.75) is 25.0 Å². The van der Waals surface area contributed by atoms with Crippen LogP contribution in [-0.4, -0.2) is 47.5 Å². The number of phenolic OH excluding ortho intramolecular Hbond substituents is 1. The predicted molar refractivity (Wildman–Crippen MR) is 99.4 cm³/mol. The number of aromatic hydroxyl groups is 1. The zero-order valence-corrected chi connectivity index (χ0v) is 17.0. The molecule has 0 amide bonds. The Hall–Kier alpha value is -4.11. The quantitative estimate of drug-likeness (QED) is 0.396. The van der Waals surface area contributed by atoms with Gasteiger partial charge in [-0.15, -0.1) is 26.3 Å². The van der Waals surface area contributed by atoms with Gasteiger partial charge in [0.2, 0.25) is 6.10 Å². The topological polar surface area (TPSA) is 102 Å². The fraction of sp³-hybridized carbons (Fsp3) is 0.200. The number of aliphatic carboxylic acids is 1. The summed E-state index contributed by atoms with van der Waals surface area (Å²) < 4.78 is 121. The van der Waals surface area contributed by atoms with Gasteiger partial charge >= 0.3 is 24.9 Å². The second-order valence-electron chi connectivity index (χ2n) is 6.58. The molecule has 1 aliphatic rings. The van der Waals surface area contributed by atoms with Crippen LogP contribution in [0.25, 0.3) is 6.08 Å². The number of fused-ring (bicyclic) bond motifs is 1. The van der Waals surface area contributed by atoms with Crippen LogP contribution in [0.4, 0.5) is 39.5 Å². The number of aldehydes is 1. The van der Waals surface area contributed by atoms with Crippen molar-refractivity contribution in [1.82, 2.24) is 0 Å². The number of hydrogen-bond donors (Lipinski definition) is 2. The number of carbonyl (C=O) groups excluding carboxylic acids is 1. The lowest BCUT2D eigenvalue weighted by atomic mass is 10.0. The third kappa shape index (κ3) is 7.99. The van der Waals surface area contributed by atoms with E-state index in [4.69, 9.17) is 10.2 Å². The van der Waals surface area contributed by atoms with Gasteiger partial charge in [0.1, 0.15) is 23.0 Å². The molecule has 0 aliphatic carbocycles. The summed E-state index contributed by atoms with van der Waals surface area (Å²) in [7, 11) is 0. The van der Waals surface area contributed by atoms with Crippen molar-refractivity contribution in [3.05, 3.63) is 53.1 Å². The molecule has 0 saturated heterocycles. The summed E-state index contributed by atoms with van der Waals surface area (Å²) >= 11 is 0. The van der Waals surface area contributed by atoms with E-state index in [9.17, 15) is 49.1 Å². The first-order chi connectivity index (χ1) is 16.4. The molecule has 0 aromatic heterocycles. The number of halogens is 9. The van der Waals surface area contributed by atoms with Gasteiger partial charge in [0.15, 0.2) is 6.29 Å². The van der Waals surface area contributed by atoms with Crippen LogP contribution in [0.1, 0.15) is 15.9 Å². The minimum atomic E-state index is -4.99. The van der Waals surface area contributed by atoms with Crippen LogP contribution in [0, 0.1) is 0 Å². The van der Waals surface area contributed by atoms with Gasteiger partial charge in [0, 0.05) is 5.56 Å². The van der Waals surface area contributed by atoms with Gasteiger partial charge in [-0.3, -0.25) is 4.79 Å². The second kappa shape index (κ2) is 10.2. The summed E-state index contributed by atoms with van der Waals surface area (Å²) in [4.78, 5) is 21.1. The summed E-state index contributed by atoms with van der Waals surface area (Å²) in [5, 5.41) is 17.8. The van der Waals surface area contributed by atoms with E-state index in [1.54, 1.807) is 0 Å². The summed E-state index contributed by atoms with van der Waals surface area (Å²) in [6.45, 7) is 0. The highest BCUT2D eigenvalue weighted by Crippen LogP contribution is 2.39. The van der Waals surface area contributed by atoms with Gasteiger partial charge in [-0.1, -0.05) is 0 Å². The molecule has 36 heavy (non-hydrogen) atoms. The van der Waals surface area contributed by atoms with E-state index in [2.05, 4.69) is 14.2 Å². The molecule has 16 heteroatoms. The van der Waals surface area contributed by atoms with Crippen molar-refractivity contribution in [1.29, 1.82) is 0 Å². The van der Waals surface area contributed by atoms with Crippen molar-refractivity contribution >= 4 is 18.3 Å². The normalized spacial score (nSPS) is 15.4. The van der Waals surface area contributed by atoms with Gasteiger partial charge in [0.05, 0.1) is 11.1 Å². The Morgan fingerprint density at radius 1 is 0.889 bits per heavy atom. The Labute approximate surface area is 193 Å². The second-order valence-corrected chi connectivity index (χ2v) is 6.58. The lowest BCUT2D eigenvalue weighted by Gasteiger charge is -2.27. The van der Waals surface area contributed by atoms with Crippen molar-refractivity contribution in [2.24, 2.45) is 0 Å². The van der Waals surface area contributed by atoms with E-state index in [-0.39, 0.29) is 17.4 Å². The standard InChI is InChI=1S/C12H6F6O4.C8H5F3O3/c13-11(14,15)9-7(10(19)20)4-5-3-6(22-12(16,17)18)1-2-8(5)21-9;9-8(10,11)14-6-1-2-7(13)5(3-6)4-12/h1-4,9H,(H,19,20);1-4,13H. The van der Waals surface area contributed by atoms with E-state index in [1.165, 1.54) is 0 Å². The van der Waals surface area contributed by atoms with Gasteiger partial charge in [-0.25, -0.2) is 4.79 Å². The van der Waals surface area contributed by atoms with Gasteiger partial charge in [0.25, 0.3) is 0 Å². The maximum atomic E-state index is 12.7. The molecular formula is C20H11F9O7. The van der Waals surface area contributed by atoms with Gasteiger partial charge in [-0.05, 0) is 42.5 Å². The summed E-state index contributed by atoms with van der Waals surface area (Å²) in [5.74, 6) is -3.94. The molecule has 1 atom stereocenters. The molecule has 1 aliphatic heterocycles. The smallest absolute Gasteiger partial charge is 0.507 e. The molecule has 2 aromatic carbocycles. The molecule has 2 aromatic rings. The number of carboxylic acids is 1. The Bertz CT molecular complexity index is 1150. The highest BCUT2D eigenvalue weighted by Gasteiger charge is 2.48. The first kappa shape index (κ1) is 28.1. The molecule has 1 heterocycles. The number of carboxylic acid groups (broad SMARTS) is 1. The molecule has 7 nitrogen and oxygen atoms in total. The van der Waals surface area contributed by atoms with Crippen LogP contribution in [0.2, 0.25) is 0 Å². The molecule has 3 rings (SSSR count). The minimum absolute atomic E-state index is 0.235. The van der Waals surface area contributed by atoms with E-state index >= 15 is 0 Å². The molecule has 196 valence electrons. The van der Waals surface area contributed by atoms with Crippen molar-refractivity contribution in [3.63, 3.8) is 0 Å². The van der Waals surface area contributed by atoms with E-state index < -0.39 is 59.5 Å². The monoisotopic (exact) mass is 534 g/mol. The van der Waals surface area contributed by atoms with Gasteiger partial charge in [-0.2, -0.15) is 13.2 Å². The van der Waals surface area contributed by atoms with Crippen molar-refractivity contribution < 1.29 is 73.5 Å². The van der Waals surface area contributed by atoms with E-state index in [0.717, 1.165) is 36.4 Å². The van der Waals surface area contributed by atoms with Crippen LogP contribution in [0.3, 0.4) is 0 Å². The summed E-state index contributed by atoms with van der Waals surface area (Å²) in [5.41, 5.74) is -1.66. The number of phenols is 1. The number of ether oxygens (including phenoxy) is 3. The maximum Gasteiger partial charge on any atom is 0.573 e. The molecule has 0 saturated carbocycles. The first-order valence-electron chi connectivity index (χ1n) is 9.01. The van der Waals surface area contributed by atoms with Crippen LogP contribution in [-0.2, 0) is 4.79 Å². The number of rotatable bonds is 4. The van der Waals surface area contributed by atoms with E-state index in [0.29, 0.717) is 6.08 Å². The molecule has 0 bridgehead atoms. The summed E-state index contributed by atoms with van der Waals surface area (Å²) in [6, 6.07) is 5.00. The Balaban J connectivity index is 0.000000281. The van der Waals surface area contributed by atoms with E-state index in [1.807, 2.05) is 0 Å². The average Bonchev–Trinajstić information content (AvgIpc) is 2.71.